The summed E-state index contributed by atoms with van der Waals surface area (Å²) in [5.74, 6) is -0.941. The summed E-state index contributed by atoms with van der Waals surface area (Å²) in [4.78, 5) is 41.0. The van der Waals surface area contributed by atoms with Crippen molar-refractivity contribution in [2.75, 3.05) is 14.2 Å². The number of methoxy groups -OCH3 is 2. The largest absolute Gasteiger partial charge is 0.496 e. The second-order valence-electron chi connectivity index (χ2n) is 4.86. The smallest absolute Gasteiger partial charge is 0.339 e. The number of nitro groups is 2. The van der Waals surface area contributed by atoms with Gasteiger partial charge in [-0.25, -0.2) is 4.79 Å². The topological polar surface area (TPSA) is 159 Å². The van der Waals surface area contributed by atoms with Crippen LogP contribution in [0.15, 0.2) is 36.4 Å². The van der Waals surface area contributed by atoms with E-state index in [0.717, 1.165) is 12.1 Å². The summed E-state index contributed by atoms with van der Waals surface area (Å²) < 4.78 is 9.55. The third kappa shape index (κ3) is 5.64. The van der Waals surface area contributed by atoms with Gasteiger partial charge in [0, 0.05) is 24.3 Å². The van der Waals surface area contributed by atoms with Crippen LogP contribution in [0, 0.1) is 20.2 Å². The van der Waals surface area contributed by atoms with E-state index in [1.54, 1.807) is 0 Å². The number of halogens is 1. The van der Waals surface area contributed by atoms with Crippen LogP contribution in [0.3, 0.4) is 0 Å². The van der Waals surface area contributed by atoms with Crippen molar-refractivity contribution in [1.29, 1.82) is 0 Å². The fourth-order valence-corrected chi connectivity index (χ4v) is 2.09. The lowest BCUT2D eigenvalue weighted by atomic mass is 10.2. The molecule has 0 fully saturated rings. The van der Waals surface area contributed by atoms with Crippen LogP contribution >= 0.6 is 11.6 Å². The summed E-state index contributed by atoms with van der Waals surface area (Å²) in [7, 11) is 2.65. The Labute approximate surface area is 162 Å². The Kier molecular flexibility index (Phi) is 7.83. The lowest BCUT2D eigenvalue weighted by Crippen LogP contribution is -2.01. The first-order valence-electron chi connectivity index (χ1n) is 7.20. The predicted molar refractivity (Wildman–Crippen MR) is 96.4 cm³/mol. The zero-order valence-electron chi connectivity index (χ0n) is 14.4. The maximum absolute atomic E-state index is 10.9. The molecule has 2 rings (SSSR count). The number of non-ortho nitro benzene ring substituents is 2. The van der Waals surface area contributed by atoms with Crippen LogP contribution in [0.25, 0.3) is 0 Å². The number of carboxylic acid groups (broad SMARTS) is 1. The van der Waals surface area contributed by atoms with Crippen LogP contribution in [0.5, 0.6) is 11.5 Å². The number of hydrogen-bond acceptors (Lipinski definition) is 8. The minimum absolute atomic E-state index is 0.0108. The Morgan fingerprint density at radius 3 is 1.61 bits per heavy atom. The van der Waals surface area contributed by atoms with Gasteiger partial charge in [0.05, 0.1) is 29.6 Å². The quantitative estimate of drug-likeness (QED) is 0.426. The molecule has 0 aromatic heterocycles. The number of benzene rings is 2. The summed E-state index contributed by atoms with van der Waals surface area (Å²) in [6, 6.07) is 7.04. The van der Waals surface area contributed by atoms with Crippen molar-refractivity contribution < 1.29 is 34.0 Å². The number of ether oxygens (including phenoxy) is 2. The second kappa shape index (κ2) is 9.83. The Balaban J connectivity index is 0.000000280. The summed E-state index contributed by atoms with van der Waals surface area (Å²) in [6.07, 6.45) is 0. The average Bonchev–Trinajstić information content (AvgIpc) is 2.66. The zero-order chi connectivity index (χ0) is 21.4. The molecule has 0 radical (unpaired) electrons. The molecule has 0 spiro atoms. The van der Waals surface area contributed by atoms with Crippen molar-refractivity contribution in [1.82, 2.24) is 0 Å². The van der Waals surface area contributed by atoms with E-state index in [-0.39, 0.29) is 34.0 Å². The van der Waals surface area contributed by atoms with E-state index in [1.807, 2.05) is 0 Å². The molecule has 12 heteroatoms. The van der Waals surface area contributed by atoms with Gasteiger partial charge in [-0.2, -0.15) is 0 Å². The standard InChI is InChI=1S/C8H6ClNO4.C8H7NO5/c1-14-7-3-2-5(10(12)13)4-6(7)8(9)11;1-14-7-3-2-5(9(12)13)4-6(7)8(10)11/h2-4H,1H3;2-4H,1H3,(H,10,11). The van der Waals surface area contributed by atoms with E-state index in [2.05, 4.69) is 0 Å². The molecule has 0 amide bonds. The molecule has 0 unspecified atom stereocenters. The van der Waals surface area contributed by atoms with Crippen molar-refractivity contribution in [2.24, 2.45) is 0 Å². The molecule has 28 heavy (non-hydrogen) atoms. The molecule has 148 valence electrons. The number of hydrogen-bond donors (Lipinski definition) is 1. The van der Waals surface area contributed by atoms with E-state index in [1.165, 1.54) is 38.5 Å². The molecule has 0 saturated heterocycles. The van der Waals surface area contributed by atoms with Gasteiger partial charge in [-0.1, -0.05) is 0 Å². The molecule has 0 aliphatic rings. The van der Waals surface area contributed by atoms with Gasteiger partial charge in [0.25, 0.3) is 16.6 Å². The van der Waals surface area contributed by atoms with Gasteiger partial charge in [-0.05, 0) is 23.7 Å². The van der Waals surface area contributed by atoms with Gasteiger partial charge < -0.3 is 14.6 Å². The van der Waals surface area contributed by atoms with Gasteiger partial charge >= 0.3 is 5.97 Å². The number of carbonyl (C=O) groups excluding carboxylic acids is 1. The van der Waals surface area contributed by atoms with E-state index in [9.17, 15) is 29.8 Å². The first-order valence-corrected chi connectivity index (χ1v) is 7.58. The first kappa shape index (κ1) is 22.3. The van der Waals surface area contributed by atoms with Crippen molar-refractivity contribution >= 4 is 34.2 Å². The molecule has 0 bridgehead atoms. The SMILES string of the molecule is COc1ccc([N+](=O)[O-])cc1C(=O)Cl.COc1ccc([N+](=O)[O-])cc1C(=O)O. The van der Waals surface area contributed by atoms with Crippen molar-refractivity contribution in [3.05, 3.63) is 67.8 Å². The van der Waals surface area contributed by atoms with Crippen LogP contribution in [0.1, 0.15) is 20.7 Å². The molecule has 2 aromatic carbocycles. The number of nitro benzene ring substituents is 2. The second-order valence-corrected chi connectivity index (χ2v) is 5.21. The monoisotopic (exact) mass is 412 g/mol. The van der Waals surface area contributed by atoms with Gasteiger partial charge in [0.2, 0.25) is 0 Å². The number of carboxylic acids is 1. The van der Waals surface area contributed by atoms with Crippen LogP contribution < -0.4 is 9.47 Å². The molecular formula is C16H13ClN2O9. The first-order chi connectivity index (χ1) is 13.1. The third-order valence-corrected chi connectivity index (χ3v) is 3.43. The van der Waals surface area contributed by atoms with E-state index >= 15 is 0 Å². The fourth-order valence-electron chi connectivity index (χ4n) is 1.94. The van der Waals surface area contributed by atoms with Gasteiger partial charge in [-0.15, -0.1) is 0 Å². The Morgan fingerprint density at radius 2 is 1.29 bits per heavy atom. The normalized spacial score (nSPS) is 9.54. The van der Waals surface area contributed by atoms with E-state index in [4.69, 9.17) is 26.2 Å². The number of carbonyl (C=O) groups is 2. The zero-order valence-corrected chi connectivity index (χ0v) is 15.2. The highest BCUT2D eigenvalue weighted by Crippen LogP contribution is 2.25. The lowest BCUT2D eigenvalue weighted by Gasteiger charge is -2.03. The van der Waals surface area contributed by atoms with Crippen LogP contribution in [-0.4, -0.2) is 40.4 Å². The maximum Gasteiger partial charge on any atom is 0.339 e. The fraction of sp³-hybridized carbons (Fsp3) is 0.125. The van der Waals surface area contributed by atoms with Crippen molar-refractivity contribution in [2.45, 2.75) is 0 Å². The Morgan fingerprint density at radius 1 is 0.893 bits per heavy atom. The number of rotatable bonds is 6. The summed E-state index contributed by atoms with van der Waals surface area (Å²) in [6.45, 7) is 0. The van der Waals surface area contributed by atoms with Crippen molar-refractivity contribution in [3.8, 4) is 11.5 Å². The van der Waals surface area contributed by atoms with Gasteiger partial charge in [-0.3, -0.25) is 25.0 Å². The molecule has 0 saturated carbocycles. The molecular weight excluding hydrogens is 400 g/mol. The number of aromatic carboxylic acids is 1. The molecule has 0 aliphatic carbocycles. The number of nitrogens with zero attached hydrogens (tertiary/aromatic N) is 2. The molecule has 11 nitrogen and oxygen atoms in total. The predicted octanol–water partition coefficient (Wildman–Crippen LogP) is 3.28. The maximum atomic E-state index is 10.9. The van der Waals surface area contributed by atoms with Crippen LogP contribution in [0.2, 0.25) is 0 Å². The van der Waals surface area contributed by atoms with E-state index < -0.39 is 21.1 Å². The third-order valence-electron chi connectivity index (χ3n) is 3.23. The molecule has 0 heterocycles. The molecule has 1 N–H and O–H groups in total. The highest BCUT2D eigenvalue weighted by molar-refractivity contribution is 6.68. The van der Waals surface area contributed by atoms with Crippen molar-refractivity contribution in [3.63, 3.8) is 0 Å². The average molecular weight is 413 g/mol. The highest BCUT2D eigenvalue weighted by Gasteiger charge is 2.16. The van der Waals surface area contributed by atoms with Gasteiger partial charge in [0.15, 0.2) is 0 Å². The highest BCUT2D eigenvalue weighted by atomic mass is 35.5. The molecule has 2 aromatic rings. The minimum atomic E-state index is -1.26. The summed E-state index contributed by atoms with van der Waals surface area (Å²) in [5.41, 5.74) is -0.705. The molecule has 0 aliphatic heterocycles. The summed E-state index contributed by atoms with van der Waals surface area (Å²) in [5, 5.41) is 28.6. The van der Waals surface area contributed by atoms with E-state index in [0.29, 0.717) is 0 Å². The van der Waals surface area contributed by atoms with Gasteiger partial charge in [0.1, 0.15) is 17.1 Å². The lowest BCUT2D eigenvalue weighted by molar-refractivity contribution is -0.385. The Bertz CT molecular complexity index is 855. The summed E-state index contributed by atoms with van der Waals surface area (Å²) >= 11 is 5.22. The Hall–Kier alpha value is -3.73. The van der Waals surface area contributed by atoms with Crippen LogP contribution in [0.4, 0.5) is 11.4 Å². The molecule has 0 atom stereocenters. The minimum Gasteiger partial charge on any atom is -0.496 e. The van der Waals surface area contributed by atoms with Crippen LogP contribution in [-0.2, 0) is 0 Å².